The van der Waals surface area contributed by atoms with E-state index in [-0.39, 0.29) is 19.4 Å². The third-order valence-corrected chi connectivity index (χ3v) is 12.7. The second-order valence-corrected chi connectivity index (χ2v) is 19.4. The van der Waals surface area contributed by atoms with E-state index in [2.05, 4.69) is 80.8 Å². The number of unbranched alkanes of at least 4 members (excludes halogenated alkanes) is 18. The zero-order valence-electron chi connectivity index (χ0n) is 46.2. The molecule has 1 heterocycles. The van der Waals surface area contributed by atoms with Gasteiger partial charge >= 0.3 is 5.97 Å². The van der Waals surface area contributed by atoms with E-state index in [0.717, 1.165) is 83.5 Å². The summed E-state index contributed by atoms with van der Waals surface area (Å²) in [6.07, 6.45) is 58.3. The van der Waals surface area contributed by atoms with Crippen molar-refractivity contribution >= 4 is 11.9 Å². The highest BCUT2D eigenvalue weighted by Gasteiger charge is 2.47. The van der Waals surface area contributed by atoms with Crippen molar-refractivity contribution in [1.82, 2.24) is 5.32 Å². The fourth-order valence-corrected chi connectivity index (χ4v) is 8.13. The zero-order chi connectivity index (χ0) is 54.0. The Kier molecular flexibility index (Phi) is 45.9. The van der Waals surface area contributed by atoms with Gasteiger partial charge in [-0.2, -0.15) is 0 Å². The molecule has 1 aliphatic heterocycles. The van der Waals surface area contributed by atoms with Gasteiger partial charge in [-0.15, -0.1) is 0 Å². The number of rotatable bonds is 46. The summed E-state index contributed by atoms with van der Waals surface area (Å²) in [5, 5.41) is 56.7. The molecule has 0 radical (unpaired) electrons. The first kappa shape index (κ1) is 68.1. The number of hydrogen-bond acceptors (Lipinski definition) is 10. The highest BCUT2D eigenvalue weighted by atomic mass is 16.7. The number of ether oxygens (including phenoxy) is 3. The molecule has 11 heteroatoms. The number of aliphatic hydroxyl groups excluding tert-OH is 5. The predicted octanol–water partition coefficient (Wildman–Crippen LogP) is 13.1. The quantitative estimate of drug-likeness (QED) is 0.0149. The predicted molar refractivity (Wildman–Crippen MR) is 305 cm³/mol. The highest BCUT2D eigenvalue weighted by molar-refractivity contribution is 5.80. The van der Waals surface area contributed by atoms with E-state index in [4.69, 9.17) is 14.2 Å². The van der Waals surface area contributed by atoms with Crippen LogP contribution in [0.2, 0.25) is 0 Å². The molecule has 0 aromatic heterocycles. The molecule has 6 N–H and O–H groups in total. The van der Waals surface area contributed by atoms with E-state index >= 15 is 0 Å². The summed E-state index contributed by atoms with van der Waals surface area (Å²) in [7, 11) is 0. The van der Waals surface area contributed by atoms with Crippen LogP contribution in [0.15, 0.2) is 122 Å². The van der Waals surface area contributed by atoms with Crippen LogP contribution in [0.5, 0.6) is 0 Å². The van der Waals surface area contributed by atoms with Crippen LogP contribution in [0, 0.1) is 0 Å². The summed E-state index contributed by atoms with van der Waals surface area (Å²) in [5.41, 5.74) is 0. The molecule has 0 spiro atoms. The second kappa shape index (κ2) is 49.9. The van der Waals surface area contributed by atoms with Gasteiger partial charge in [0, 0.05) is 6.42 Å². The summed E-state index contributed by atoms with van der Waals surface area (Å²) in [4.78, 5) is 26.4. The maximum atomic E-state index is 13.3. The van der Waals surface area contributed by atoms with Gasteiger partial charge in [0.15, 0.2) is 12.4 Å². The first-order valence-corrected chi connectivity index (χ1v) is 28.9. The molecule has 8 unspecified atom stereocenters. The van der Waals surface area contributed by atoms with Gasteiger partial charge in [-0.3, -0.25) is 9.59 Å². The van der Waals surface area contributed by atoms with Gasteiger partial charge in [0.1, 0.15) is 24.4 Å². The highest BCUT2D eigenvalue weighted by Crippen LogP contribution is 2.26. The Morgan fingerprint density at radius 1 is 0.554 bits per heavy atom. The average Bonchev–Trinajstić information content (AvgIpc) is 3.40. The van der Waals surface area contributed by atoms with E-state index in [1.807, 2.05) is 60.8 Å². The number of carbonyl (C=O) groups is 2. The van der Waals surface area contributed by atoms with Crippen LogP contribution in [0.25, 0.3) is 0 Å². The van der Waals surface area contributed by atoms with Crippen molar-refractivity contribution in [1.29, 1.82) is 0 Å². The van der Waals surface area contributed by atoms with E-state index in [0.29, 0.717) is 12.8 Å². The lowest BCUT2D eigenvalue weighted by molar-refractivity contribution is -0.305. The number of nitrogens with one attached hydrogen (secondary N) is 1. The van der Waals surface area contributed by atoms with Crippen LogP contribution in [-0.2, 0) is 23.8 Å². The zero-order valence-corrected chi connectivity index (χ0v) is 46.2. The van der Waals surface area contributed by atoms with Crippen molar-refractivity contribution < 1.29 is 49.3 Å². The summed E-state index contributed by atoms with van der Waals surface area (Å²) in [6.45, 7) is 5.52. The van der Waals surface area contributed by atoms with Crippen LogP contribution in [0.3, 0.4) is 0 Å². The number of amides is 1. The number of carbonyl (C=O) groups excluding carboxylic acids is 2. The Labute approximate surface area is 449 Å². The minimum atomic E-state index is -1.64. The smallest absolute Gasteiger partial charge is 0.306 e. The number of allylic oxidation sites excluding steroid dienone is 19. The fraction of sp³-hybridized carbons (Fsp3) is 0.651. The van der Waals surface area contributed by atoms with Crippen LogP contribution in [0.4, 0.5) is 0 Å². The van der Waals surface area contributed by atoms with Gasteiger partial charge in [0.2, 0.25) is 5.91 Å². The SMILES string of the molecule is CC/C=C/C=C/C=C\C=C/C=C/CCC(O)C(=O)NC(COC1OC(CO)C(O)C(O)C1OC(=O)CCCCCCC/C=C\C/C=C\C/C=C\C/C=C\CCCCC)C(O)/C=C/CCCCCCCCCCCC. The Hall–Kier alpha value is -3.94. The van der Waals surface area contributed by atoms with Crippen molar-refractivity contribution in [2.75, 3.05) is 13.2 Å². The average molecular weight is 1030 g/mol. The van der Waals surface area contributed by atoms with Crippen molar-refractivity contribution in [3.8, 4) is 0 Å². The number of esters is 1. The molecule has 0 aliphatic carbocycles. The molecule has 1 saturated heterocycles. The van der Waals surface area contributed by atoms with E-state index in [9.17, 15) is 35.1 Å². The molecule has 0 bridgehead atoms. The van der Waals surface area contributed by atoms with Crippen LogP contribution in [0.1, 0.15) is 201 Å². The fourth-order valence-electron chi connectivity index (χ4n) is 8.13. The van der Waals surface area contributed by atoms with Crippen LogP contribution >= 0.6 is 0 Å². The largest absolute Gasteiger partial charge is 0.454 e. The normalized spacial score (nSPS) is 20.2. The molecular formula is C63H103NO10. The van der Waals surface area contributed by atoms with Gasteiger partial charge in [-0.25, -0.2) is 0 Å². The van der Waals surface area contributed by atoms with Crippen molar-refractivity contribution in [2.24, 2.45) is 0 Å². The lowest BCUT2D eigenvalue weighted by atomic mass is 9.99. The Bertz CT molecular complexity index is 1660. The van der Waals surface area contributed by atoms with Gasteiger partial charge in [-0.05, 0) is 83.5 Å². The summed E-state index contributed by atoms with van der Waals surface area (Å²) in [6, 6.07) is -1.07. The maximum absolute atomic E-state index is 13.3. The molecule has 1 amide bonds. The van der Waals surface area contributed by atoms with Crippen molar-refractivity contribution in [3.05, 3.63) is 122 Å². The molecule has 74 heavy (non-hydrogen) atoms. The minimum absolute atomic E-state index is 0.0864. The topological polar surface area (TPSA) is 175 Å². The Morgan fingerprint density at radius 2 is 1.03 bits per heavy atom. The molecule has 11 nitrogen and oxygen atoms in total. The summed E-state index contributed by atoms with van der Waals surface area (Å²) >= 11 is 0. The van der Waals surface area contributed by atoms with Crippen LogP contribution in [-0.4, -0.2) is 99.6 Å². The second-order valence-electron chi connectivity index (χ2n) is 19.4. The standard InChI is InChI=1S/C63H103NO10/c1-4-7-10-13-16-19-22-25-26-27-28-29-30-31-32-33-36-39-42-45-48-51-58(68)74-61-60(70)59(69)57(52-65)73-63(61)72-53-54(55(66)49-46-43-40-37-34-23-20-17-14-11-8-5-2)64-62(71)56(67)50-47-44-41-38-35-24-21-18-15-12-9-6-3/h9,12,15-16,18-19,21,24-26,28-29,31-32,35,38,41,44,46,49,54-57,59-61,63,65-67,69-70H,4-8,10-11,13-14,17,20,22-23,27,30,33-34,36-37,39-40,42-43,45,47-48,50-53H2,1-3H3,(H,64,71)/b12-9+,18-15+,19-16-,24-21-,26-25-,29-28-,32-31-,38-35-,44-41+,49-46+. The first-order chi connectivity index (χ1) is 36.2. The molecular weight excluding hydrogens is 931 g/mol. The summed E-state index contributed by atoms with van der Waals surface area (Å²) < 4.78 is 17.5. The van der Waals surface area contributed by atoms with E-state index < -0.39 is 67.4 Å². The van der Waals surface area contributed by atoms with Crippen molar-refractivity contribution in [2.45, 2.75) is 250 Å². The van der Waals surface area contributed by atoms with Crippen molar-refractivity contribution in [3.63, 3.8) is 0 Å². The molecule has 0 saturated carbocycles. The Balaban J connectivity index is 2.75. The third kappa shape index (κ3) is 37.7. The molecule has 0 aromatic rings. The van der Waals surface area contributed by atoms with Gasteiger partial charge in [0.05, 0.1) is 25.4 Å². The third-order valence-electron chi connectivity index (χ3n) is 12.7. The maximum Gasteiger partial charge on any atom is 0.306 e. The summed E-state index contributed by atoms with van der Waals surface area (Å²) in [5.74, 6) is -1.30. The molecule has 420 valence electrons. The Morgan fingerprint density at radius 3 is 1.58 bits per heavy atom. The molecule has 8 atom stereocenters. The lowest BCUT2D eigenvalue weighted by Gasteiger charge is -2.41. The number of hydrogen-bond donors (Lipinski definition) is 6. The number of aliphatic hydroxyl groups is 5. The molecule has 0 aromatic carbocycles. The molecule has 1 rings (SSSR count). The van der Waals surface area contributed by atoms with Gasteiger partial charge in [-0.1, -0.05) is 232 Å². The molecule has 1 fully saturated rings. The minimum Gasteiger partial charge on any atom is -0.454 e. The first-order valence-electron chi connectivity index (χ1n) is 28.9. The van der Waals surface area contributed by atoms with Gasteiger partial charge in [0.25, 0.3) is 0 Å². The lowest BCUT2D eigenvalue weighted by Crippen LogP contribution is -2.61. The van der Waals surface area contributed by atoms with Gasteiger partial charge < -0.3 is 45.1 Å². The molecule has 1 aliphatic rings. The monoisotopic (exact) mass is 1030 g/mol. The van der Waals surface area contributed by atoms with E-state index in [1.54, 1.807) is 6.08 Å². The van der Waals surface area contributed by atoms with Crippen LogP contribution < -0.4 is 5.32 Å². The van der Waals surface area contributed by atoms with E-state index in [1.165, 1.54) is 70.6 Å².